The van der Waals surface area contributed by atoms with Gasteiger partial charge in [-0.25, -0.2) is 4.79 Å². The van der Waals surface area contributed by atoms with E-state index < -0.39 is 5.60 Å². The van der Waals surface area contributed by atoms with Crippen LogP contribution in [-0.4, -0.2) is 79.3 Å². The number of likely N-dealkylation sites (tertiary alicyclic amines) is 1. The summed E-state index contributed by atoms with van der Waals surface area (Å²) in [6, 6.07) is 1.29. The van der Waals surface area contributed by atoms with Gasteiger partial charge in [0, 0.05) is 51.9 Å². The van der Waals surface area contributed by atoms with E-state index in [2.05, 4.69) is 27.4 Å². The highest BCUT2D eigenvalue weighted by Crippen LogP contribution is 2.26. The highest BCUT2D eigenvalue weighted by atomic mass is 127. The molecule has 2 N–H and O–H groups in total. The highest BCUT2D eigenvalue weighted by molar-refractivity contribution is 14.0. The number of hydrogen-bond acceptors (Lipinski definition) is 4. The lowest BCUT2D eigenvalue weighted by molar-refractivity contribution is 0.0253. The van der Waals surface area contributed by atoms with Crippen molar-refractivity contribution in [1.82, 2.24) is 20.4 Å². The summed E-state index contributed by atoms with van der Waals surface area (Å²) < 4.78 is 5.52. The maximum Gasteiger partial charge on any atom is 0.410 e. The molecule has 1 saturated heterocycles. The first kappa shape index (κ1) is 27.3. The number of carbonyl (C=O) groups is 1. The molecule has 2 rings (SSSR count). The number of rotatable bonds is 7. The SMILES string of the molecule is CCCN(CCNC(=NC)NC1CCN(C2CCCC2)CC1)C(=O)OC(C)(C)C.I. The molecule has 1 aliphatic carbocycles. The molecule has 2 fully saturated rings. The number of aliphatic imine (C=N–C) groups is 1. The Labute approximate surface area is 200 Å². The smallest absolute Gasteiger partial charge is 0.410 e. The third kappa shape index (κ3) is 9.58. The maximum absolute atomic E-state index is 12.4. The molecule has 0 aromatic carbocycles. The molecule has 1 saturated carbocycles. The lowest BCUT2D eigenvalue weighted by atomic mass is 10.0. The van der Waals surface area contributed by atoms with Crippen LogP contribution in [0, 0.1) is 0 Å². The Hall–Kier alpha value is -0.770. The lowest BCUT2D eigenvalue weighted by Crippen LogP contribution is -2.51. The molecule has 0 radical (unpaired) electrons. The number of guanidine groups is 1. The zero-order chi connectivity index (χ0) is 21.3. The standard InChI is InChI=1S/C22H43N5O2.HI/c1-6-14-27(21(28)29-22(2,3)4)17-13-24-20(23-5)25-18-11-15-26(16-12-18)19-9-7-8-10-19;/h18-19H,6-17H2,1-5H3,(H2,23,24,25);1H. The molecule has 0 aromatic rings. The number of nitrogens with zero attached hydrogens (tertiary/aromatic N) is 3. The van der Waals surface area contributed by atoms with Crippen molar-refractivity contribution in [2.24, 2.45) is 4.99 Å². The van der Waals surface area contributed by atoms with E-state index in [1.54, 1.807) is 11.9 Å². The van der Waals surface area contributed by atoms with Gasteiger partial charge in [-0.05, 0) is 52.9 Å². The summed E-state index contributed by atoms with van der Waals surface area (Å²) in [5.41, 5.74) is -0.471. The molecule has 0 atom stereocenters. The van der Waals surface area contributed by atoms with Crippen molar-refractivity contribution in [2.75, 3.05) is 39.8 Å². The molecular weight excluding hydrogens is 493 g/mol. The van der Waals surface area contributed by atoms with Gasteiger partial charge in [-0.3, -0.25) is 4.99 Å². The first-order valence-corrected chi connectivity index (χ1v) is 11.5. The summed E-state index contributed by atoms with van der Waals surface area (Å²) in [5.74, 6) is 0.824. The maximum atomic E-state index is 12.4. The number of carbonyl (C=O) groups excluding carboxylic acids is 1. The Bertz CT molecular complexity index is 524. The third-order valence-electron chi connectivity index (χ3n) is 5.75. The minimum absolute atomic E-state index is 0. The van der Waals surface area contributed by atoms with Gasteiger partial charge in [-0.1, -0.05) is 19.8 Å². The van der Waals surface area contributed by atoms with Crippen molar-refractivity contribution in [2.45, 2.75) is 90.3 Å². The van der Waals surface area contributed by atoms with E-state index in [1.165, 1.54) is 38.8 Å². The van der Waals surface area contributed by atoms with Crippen LogP contribution in [0.3, 0.4) is 0 Å². The fraction of sp³-hybridized carbons (Fsp3) is 0.909. The van der Waals surface area contributed by atoms with E-state index in [0.29, 0.717) is 25.7 Å². The predicted octanol–water partition coefficient (Wildman–Crippen LogP) is 3.82. The molecule has 30 heavy (non-hydrogen) atoms. The number of nitrogens with one attached hydrogen (secondary N) is 2. The van der Waals surface area contributed by atoms with Crippen molar-refractivity contribution in [3.8, 4) is 0 Å². The number of hydrogen-bond donors (Lipinski definition) is 2. The summed E-state index contributed by atoms with van der Waals surface area (Å²) in [6.07, 6.45) is 8.55. The lowest BCUT2D eigenvalue weighted by Gasteiger charge is -2.36. The van der Waals surface area contributed by atoms with Gasteiger partial charge in [0.2, 0.25) is 0 Å². The van der Waals surface area contributed by atoms with E-state index in [9.17, 15) is 4.79 Å². The van der Waals surface area contributed by atoms with Gasteiger partial charge in [0.15, 0.2) is 5.96 Å². The molecule has 176 valence electrons. The Balaban J connectivity index is 0.00000450. The van der Waals surface area contributed by atoms with E-state index in [-0.39, 0.29) is 30.1 Å². The predicted molar refractivity (Wildman–Crippen MR) is 135 cm³/mol. The first-order chi connectivity index (χ1) is 13.8. The summed E-state index contributed by atoms with van der Waals surface area (Å²) in [4.78, 5) is 21.2. The van der Waals surface area contributed by atoms with Crippen molar-refractivity contribution < 1.29 is 9.53 Å². The second-order valence-electron chi connectivity index (χ2n) is 9.36. The zero-order valence-corrected chi connectivity index (χ0v) is 22.0. The van der Waals surface area contributed by atoms with Gasteiger partial charge >= 0.3 is 6.09 Å². The van der Waals surface area contributed by atoms with Crippen molar-refractivity contribution in [3.05, 3.63) is 0 Å². The quantitative estimate of drug-likeness (QED) is 0.294. The summed E-state index contributed by atoms with van der Waals surface area (Å²) in [6.45, 7) is 12.1. The molecule has 1 amide bonds. The third-order valence-corrected chi connectivity index (χ3v) is 5.75. The van der Waals surface area contributed by atoms with Crippen LogP contribution in [0.1, 0.15) is 72.6 Å². The monoisotopic (exact) mass is 537 g/mol. The van der Waals surface area contributed by atoms with Crippen LogP contribution < -0.4 is 10.6 Å². The van der Waals surface area contributed by atoms with Gasteiger partial charge in [-0.2, -0.15) is 0 Å². The van der Waals surface area contributed by atoms with Gasteiger partial charge in [0.1, 0.15) is 5.60 Å². The molecule has 1 aliphatic heterocycles. The number of ether oxygens (including phenoxy) is 1. The number of piperidine rings is 1. The Morgan fingerprint density at radius 1 is 1.13 bits per heavy atom. The second-order valence-corrected chi connectivity index (χ2v) is 9.36. The van der Waals surface area contributed by atoms with Crippen LogP contribution in [-0.2, 0) is 4.74 Å². The number of amides is 1. The first-order valence-electron chi connectivity index (χ1n) is 11.5. The summed E-state index contributed by atoms with van der Waals surface area (Å²) >= 11 is 0. The summed E-state index contributed by atoms with van der Waals surface area (Å²) in [7, 11) is 1.81. The Morgan fingerprint density at radius 3 is 2.30 bits per heavy atom. The highest BCUT2D eigenvalue weighted by Gasteiger charge is 2.27. The van der Waals surface area contributed by atoms with Crippen LogP contribution in [0.2, 0.25) is 0 Å². The number of halogens is 1. The molecule has 7 nitrogen and oxygen atoms in total. The topological polar surface area (TPSA) is 69.2 Å². The van der Waals surface area contributed by atoms with Crippen LogP contribution in [0.15, 0.2) is 4.99 Å². The Kier molecular flexibility index (Phi) is 12.4. The van der Waals surface area contributed by atoms with Gasteiger partial charge < -0.3 is 25.2 Å². The van der Waals surface area contributed by atoms with Crippen LogP contribution >= 0.6 is 24.0 Å². The molecule has 0 aromatic heterocycles. The molecule has 8 heteroatoms. The molecule has 0 bridgehead atoms. The van der Waals surface area contributed by atoms with Crippen LogP contribution in [0.5, 0.6) is 0 Å². The molecule has 0 unspecified atom stereocenters. The van der Waals surface area contributed by atoms with Crippen molar-refractivity contribution in [3.63, 3.8) is 0 Å². The van der Waals surface area contributed by atoms with Gasteiger partial charge in [0.25, 0.3) is 0 Å². The Morgan fingerprint density at radius 2 is 1.77 bits per heavy atom. The fourth-order valence-electron chi connectivity index (χ4n) is 4.27. The molecule has 1 heterocycles. The van der Waals surface area contributed by atoms with Crippen molar-refractivity contribution in [1.29, 1.82) is 0 Å². The van der Waals surface area contributed by atoms with E-state index >= 15 is 0 Å². The largest absolute Gasteiger partial charge is 0.444 e. The minimum atomic E-state index is -0.471. The minimum Gasteiger partial charge on any atom is -0.444 e. The molecule has 2 aliphatic rings. The van der Waals surface area contributed by atoms with Crippen LogP contribution in [0.25, 0.3) is 0 Å². The molecule has 0 spiro atoms. The van der Waals surface area contributed by atoms with Gasteiger partial charge in [-0.15, -0.1) is 24.0 Å². The van der Waals surface area contributed by atoms with E-state index in [4.69, 9.17) is 4.74 Å². The van der Waals surface area contributed by atoms with Crippen LogP contribution in [0.4, 0.5) is 4.79 Å². The zero-order valence-electron chi connectivity index (χ0n) is 19.7. The second kappa shape index (κ2) is 13.6. The van der Waals surface area contributed by atoms with E-state index in [1.807, 2.05) is 20.8 Å². The molecular formula is C22H44IN5O2. The normalized spacial score (nSPS) is 19.3. The summed E-state index contributed by atoms with van der Waals surface area (Å²) in [5, 5.41) is 6.93. The van der Waals surface area contributed by atoms with Crippen molar-refractivity contribution >= 4 is 36.0 Å². The van der Waals surface area contributed by atoms with Gasteiger partial charge in [0.05, 0.1) is 0 Å². The fourth-order valence-corrected chi connectivity index (χ4v) is 4.27. The van der Waals surface area contributed by atoms with E-state index in [0.717, 1.165) is 31.3 Å². The average Bonchev–Trinajstić information content (AvgIpc) is 3.20. The average molecular weight is 538 g/mol.